The molecule has 0 fully saturated rings. The third-order valence-electron chi connectivity index (χ3n) is 5.91. The topological polar surface area (TPSA) is 94.8 Å². The molecule has 8 nitrogen and oxygen atoms in total. The average molecular weight is 593 g/mol. The van der Waals surface area contributed by atoms with Crippen molar-refractivity contribution in [3.8, 4) is 21.9 Å². The minimum atomic E-state index is -0.471. The molecule has 5 rings (SSSR count). The van der Waals surface area contributed by atoms with Crippen LogP contribution in [0.4, 0.5) is 0 Å². The summed E-state index contributed by atoms with van der Waals surface area (Å²) in [6.07, 6.45) is 2.84. The van der Waals surface area contributed by atoms with Crippen LogP contribution in [0.2, 0.25) is 10.0 Å². The molecule has 0 aliphatic heterocycles. The van der Waals surface area contributed by atoms with Gasteiger partial charge in [0.2, 0.25) is 0 Å². The lowest BCUT2D eigenvalue weighted by Crippen LogP contribution is -2.29. The van der Waals surface area contributed by atoms with Gasteiger partial charge in [-0.25, -0.2) is 10.4 Å². The smallest absolute Gasteiger partial charge is 0.262 e. The molecule has 0 saturated heterocycles. The van der Waals surface area contributed by atoms with Gasteiger partial charge in [-0.3, -0.25) is 14.2 Å². The third-order valence-corrected chi connectivity index (χ3v) is 7.71. The fourth-order valence-corrected chi connectivity index (χ4v) is 5.39. The SMILES string of the molecule is COc1cc(/C=N\NC(=O)Cn2cnc3sc(-c4ccccc4)cc3c2=O)ccc1OCc1c(Cl)cccc1Cl. The number of aromatic nitrogens is 2. The highest BCUT2D eigenvalue weighted by atomic mass is 35.5. The predicted octanol–water partition coefficient (Wildman–Crippen LogP) is 6.17. The zero-order valence-corrected chi connectivity index (χ0v) is 23.5. The average Bonchev–Trinajstić information content (AvgIpc) is 3.41. The Morgan fingerprint density at radius 1 is 1.05 bits per heavy atom. The van der Waals surface area contributed by atoms with E-state index in [0.29, 0.717) is 42.9 Å². The van der Waals surface area contributed by atoms with Gasteiger partial charge in [0, 0.05) is 20.5 Å². The Hall–Kier alpha value is -4.18. The molecule has 0 bridgehead atoms. The van der Waals surface area contributed by atoms with Crippen LogP contribution in [0.25, 0.3) is 20.7 Å². The Labute approximate surface area is 243 Å². The molecule has 0 atom stereocenters. The molecule has 0 radical (unpaired) electrons. The fraction of sp³-hybridized carbons (Fsp3) is 0.103. The molecule has 0 aliphatic carbocycles. The summed E-state index contributed by atoms with van der Waals surface area (Å²) < 4.78 is 12.6. The lowest BCUT2D eigenvalue weighted by Gasteiger charge is -2.13. The van der Waals surface area contributed by atoms with E-state index in [-0.39, 0.29) is 18.7 Å². The number of nitrogens with one attached hydrogen (secondary N) is 1. The van der Waals surface area contributed by atoms with E-state index in [0.717, 1.165) is 10.4 Å². The van der Waals surface area contributed by atoms with E-state index in [1.807, 2.05) is 30.3 Å². The summed E-state index contributed by atoms with van der Waals surface area (Å²) in [6.45, 7) is -0.0618. The zero-order valence-electron chi connectivity index (χ0n) is 21.1. The largest absolute Gasteiger partial charge is 0.493 e. The standard InChI is InChI=1S/C29H22Cl2N4O4S/c1-38-25-12-18(10-11-24(25)39-16-21-22(30)8-5-9-23(21)31)14-33-34-27(36)15-35-17-32-28-20(29(35)37)13-26(40-28)19-6-3-2-4-7-19/h2-14,17H,15-16H2,1H3,(H,34,36)/b33-14-. The molecular formula is C29H22Cl2N4O4S. The van der Waals surface area contributed by atoms with Crippen LogP contribution in [0.15, 0.2) is 89.0 Å². The van der Waals surface area contributed by atoms with Gasteiger partial charge in [-0.1, -0.05) is 59.6 Å². The van der Waals surface area contributed by atoms with Crippen LogP contribution >= 0.6 is 34.5 Å². The molecule has 2 heterocycles. The van der Waals surface area contributed by atoms with Crippen molar-refractivity contribution in [1.82, 2.24) is 15.0 Å². The van der Waals surface area contributed by atoms with Crippen molar-refractivity contribution >= 4 is 56.9 Å². The van der Waals surface area contributed by atoms with Crippen molar-refractivity contribution in [3.05, 3.63) is 111 Å². The van der Waals surface area contributed by atoms with Crippen molar-refractivity contribution in [2.45, 2.75) is 13.2 Å². The van der Waals surface area contributed by atoms with Gasteiger partial charge in [0.05, 0.1) is 25.0 Å². The molecule has 0 unspecified atom stereocenters. The van der Waals surface area contributed by atoms with Gasteiger partial charge in [0.1, 0.15) is 18.0 Å². The lowest BCUT2D eigenvalue weighted by molar-refractivity contribution is -0.121. The summed E-state index contributed by atoms with van der Waals surface area (Å²) in [4.78, 5) is 31.4. The number of nitrogens with zero attached hydrogens (tertiary/aromatic N) is 3. The number of hydrogen-bond acceptors (Lipinski definition) is 7. The second-order valence-electron chi connectivity index (χ2n) is 8.57. The fourth-order valence-electron chi connectivity index (χ4n) is 3.89. The molecule has 0 aliphatic rings. The Bertz CT molecular complexity index is 1750. The molecule has 3 aromatic carbocycles. The van der Waals surface area contributed by atoms with Gasteiger partial charge in [0.25, 0.3) is 11.5 Å². The first-order valence-corrected chi connectivity index (χ1v) is 13.6. The van der Waals surface area contributed by atoms with Crippen LogP contribution in [0.5, 0.6) is 11.5 Å². The quantitative estimate of drug-likeness (QED) is 0.163. The van der Waals surface area contributed by atoms with E-state index in [1.54, 1.807) is 42.5 Å². The van der Waals surface area contributed by atoms with Crippen molar-refractivity contribution in [2.75, 3.05) is 7.11 Å². The molecule has 11 heteroatoms. The molecule has 2 aromatic heterocycles. The van der Waals surface area contributed by atoms with E-state index >= 15 is 0 Å². The van der Waals surface area contributed by atoms with E-state index < -0.39 is 5.91 Å². The summed E-state index contributed by atoms with van der Waals surface area (Å²) in [5.74, 6) is 0.488. The number of thiophene rings is 1. The van der Waals surface area contributed by atoms with Gasteiger partial charge in [-0.2, -0.15) is 5.10 Å². The molecular weight excluding hydrogens is 571 g/mol. The number of rotatable bonds is 9. The summed E-state index contributed by atoms with van der Waals surface area (Å²) >= 11 is 13.9. The van der Waals surface area contributed by atoms with Crippen molar-refractivity contribution in [2.24, 2.45) is 5.10 Å². The second-order valence-corrected chi connectivity index (χ2v) is 10.4. The van der Waals surface area contributed by atoms with E-state index in [2.05, 4.69) is 15.5 Å². The number of carbonyl (C=O) groups is 1. The van der Waals surface area contributed by atoms with Gasteiger partial charge in [-0.15, -0.1) is 11.3 Å². The summed E-state index contributed by atoms with van der Waals surface area (Å²) in [6, 6.07) is 22.0. The summed E-state index contributed by atoms with van der Waals surface area (Å²) in [5, 5.41) is 5.49. The van der Waals surface area contributed by atoms with Crippen LogP contribution in [-0.2, 0) is 17.9 Å². The number of ether oxygens (including phenoxy) is 2. The number of carbonyl (C=O) groups excluding carboxylic acids is 1. The van der Waals surface area contributed by atoms with Crippen LogP contribution in [0.3, 0.4) is 0 Å². The number of hydrogen-bond donors (Lipinski definition) is 1. The van der Waals surface area contributed by atoms with Gasteiger partial charge in [0.15, 0.2) is 11.5 Å². The minimum Gasteiger partial charge on any atom is -0.493 e. The Morgan fingerprint density at radius 2 is 1.82 bits per heavy atom. The number of halogens is 2. The van der Waals surface area contributed by atoms with Crippen molar-refractivity contribution in [3.63, 3.8) is 0 Å². The zero-order chi connectivity index (χ0) is 28.1. The number of amides is 1. The number of fused-ring (bicyclic) bond motifs is 1. The van der Waals surface area contributed by atoms with Gasteiger partial charge in [-0.05, 0) is 47.5 Å². The molecule has 40 heavy (non-hydrogen) atoms. The Kier molecular flexibility index (Phi) is 8.45. The first-order chi connectivity index (χ1) is 19.4. The number of hydrazone groups is 1. The first kappa shape index (κ1) is 27.4. The van der Waals surface area contributed by atoms with Gasteiger partial charge >= 0.3 is 0 Å². The maximum atomic E-state index is 13.0. The van der Waals surface area contributed by atoms with Crippen LogP contribution in [-0.4, -0.2) is 28.8 Å². The monoisotopic (exact) mass is 592 g/mol. The minimum absolute atomic E-state index is 0.164. The predicted molar refractivity (Wildman–Crippen MR) is 159 cm³/mol. The molecule has 0 saturated carbocycles. The highest BCUT2D eigenvalue weighted by Crippen LogP contribution is 2.32. The van der Waals surface area contributed by atoms with Crippen LogP contribution in [0.1, 0.15) is 11.1 Å². The van der Waals surface area contributed by atoms with Gasteiger partial charge < -0.3 is 9.47 Å². The first-order valence-electron chi connectivity index (χ1n) is 12.0. The third kappa shape index (κ3) is 6.17. The molecule has 1 amide bonds. The van der Waals surface area contributed by atoms with Crippen molar-refractivity contribution < 1.29 is 14.3 Å². The Balaban J connectivity index is 1.22. The summed E-state index contributed by atoms with van der Waals surface area (Å²) in [5.41, 5.74) is 4.49. The Morgan fingerprint density at radius 3 is 2.58 bits per heavy atom. The van der Waals surface area contributed by atoms with Crippen molar-refractivity contribution in [1.29, 1.82) is 0 Å². The maximum absolute atomic E-state index is 13.0. The lowest BCUT2D eigenvalue weighted by atomic mass is 10.2. The normalized spacial score (nSPS) is 11.2. The second kappa shape index (κ2) is 12.3. The maximum Gasteiger partial charge on any atom is 0.262 e. The number of methoxy groups -OCH3 is 1. The van der Waals surface area contributed by atoms with Crippen LogP contribution < -0.4 is 20.5 Å². The van der Waals surface area contributed by atoms with Crippen LogP contribution in [0, 0.1) is 0 Å². The van der Waals surface area contributed by atoms with E-state index in [9.17, 15) is 9.59 Å². The molecule has 5 aromatic rings. The highest BCUT2D eigenvalue weighted by Gasteiger charge is 2.13. The molecule has 0 spiro atoms. The molecule has 202 valence electrons. The van der Waals surface area contributed by atoms with E-state index in [4.69, 9.17) is 32.7 Å². The highest BCUT2D eigenvalue weighted by molar-refractivity contribution is 7.21. The van der Waals surface area contributed by atoms with E-state index in [1.165, 1.54) is 35.6 Å². The summed E-state index contributed by atoms with van der Waals surface area (Å²) in [7, 11) is 1.52. The number of benzene rings is 3. The molecule has 1 N–H and O–H groups in total.